The number of rotatable bonds is 2. The van der Waals surface area contributed by atoms with Crippen molar-refractivity contribution in [1.29, 1.82) is 0 Å². The maximum atomic E-state index is 12.6. The summed E-state index contributed by atoms with van der Waals surface area (Å²) in [6.07, 6.45) is 1.10. The van der Waals surface area contributed by atoms with Gasteiger partial charge < -0.3 is 18.9 Å². The van der Waals surface area contributed by atoms with Crippen LogP contribution in [0.15, 0.2) is 29.5 Å². The quantitative estimate of drug-likeness (QED) is 0.775. The Kier molecular flexibility index (Phi) is 3.48. The molecule has 0 N–H and O–H groups in total. The predicted molar refractivity (Wildman–Crippen MR) is 82.6 cm³/mol. The zero-order chi connectivity index (χ0) is 16.8. The first kappa shape index (κ1) is 15.1. The largest absolute Gasteiger partial charge is 0.493 e. The van der Waals surface area contributed by atoms with Crippen molar-refractivity contribution < 1.29 is 28.5 Å². The molecule has 3 atom stereocenters. The van der Waals surface area contributed by atoms with E-state index >= 15 is 0 Å². The molecular weight excluding hydrogens is 312 g/mol. The molecule has 0 saturated heterocycles. The van der Waals surface area contributed by atoms with E-state index in [-0.39, 0.29) is 5.78 Å². The van der Waals surface area contributed by atoms with Gasteiger partial charge in [-0.3, -0.25) is 9.59 Å². The molecule has 0 amide bonds. The third-order valence-corrected chi connectivity index (χ3v) is 4.90. The molecule has 0 radical (unpaired) electrons. The number of hydrogen-bond acceptors (Lipinski definition) is 6. The van der Waals surface area contributed by atoms with E-state index in [1.54, 1.807) is 13.2 Å². The first-order valence-corrected chi connectivity index (χ1v) is 8.00. The lowest BCUT2D eigenvalue weighted by atomic mass is 9.72. The summed E-state index contributed by atoms with van der Waals surface area (Å²) in [6.45, 7) is 0. The number of hydrogen-bond donors (Lipinski definition) is 0. The summed E-state index contributed by atoms with van der Waals surface area (Å²) in [7, 11) is 2.88. The van der Waals surface area contributed by atoms with E-state index in [1.165, 1.54) is 7.11 Å². The molecular formula is C18H18O6. The van der Waals surface area contributed by atoms with Crippen molar-refractivity contribution in [3.8, 4) is 11.5 Å². The molecule has 0 fully saturated rings. The SMILES string of the molecule is COC(=O)C1[C@H]2OC3=C(C(=O)CCC3)[C@@H]1c1cccc(OC)c1O2. The van der Waals surface area contributed by atoms with Gasteiger partial charge in [0, 0.05) is 29.9 Å². The summed E-state index contributed by atoms with van der Waals surface area (Å²) in [5.41, 5.74) is 1.36. The predicted octanol–water partition coefficient (Wildman–Crippen LogP) is 2.32. The maximum Gasteiger partial charge on any atom is 0.317 e. The number of methoxy groups -OCH3 is 2. The zero-order valence-electron chi connectivity index (χ0n) is 13.5. The lowest BCUT2D eigenvalue weighted by Crippen LogP contribution is -2.48. The molecule has 4 rings (SSSR count). The van der Waals surface area contributed by atoms with Crippen LogP contribution in [0.2, 0.25) is 0 Å². The normalized spacial score (nSPS) is 27.4. The number of esters is 1. The average Bonchev–Trinajstić information content (AvgIpc) is 2.60. The molecule has 126 valence electrons. The zero-order valence-corrected chi connectivity index (χ0v) is 13.5. The van der Waals surface area contributed by atoms with Crippen molar-refractivity contribution in [2.45, 2.75) is 31.5 Å². The first-order valence-electron chi connectivity index (χ1n) is 8.00. The molecule has 24 heavy (non-hydrogen) atoms. The molecule has 2 aliphatic heterocycles. The van der Waals surface area contributed by atoms with Gasteiger partial charge in [-0.1, -0.05) is 12.1 Å². The van der Waals surface area contributed by atoms with E-state index in [4.69, 9.17) is 18.9 Å². The van der Waals surface area contributed by atoms with Crippen LogP contribution in [0.5, 0.6) is 11.5 Å². The third-order valence-electron chi connectivity index (χ3n) is 4.90. The highest BCUT2D eigenvalue weighted by Gasteiger charge is 2.53. The second kappa shape index (κ2) is 5.54. The second-order valence-electron chi connectivity index (χ2n) is 6.12. The highest BCUT2D eigenvalue weighted by molar-refractivity contribution is 5.99. The number of allylic oxidation sites excluding steroid dienone is 2. The fraction of sp³-hybridized carbons (Fsp3) is 0.444. The summed E-state index contributed by atoms with van der Waals surface area (Å²) in [6, 6.07) is 5.48. The Morgan fingerprint density at radius 2 is 2.04 bits per heavy atom. The molecule has 2 bridgehead atoms. The minimum absolute atomic E-state index is 0.0317. The lowest BCUT2D eigenvalue weighted by Gasteiger charge is -2.44. The minimum Gasteiger partial charge on any atom is -0.493 e. The van der Waals surface area contributed by atoms with Gasteiger partial charge in [-0.15, -0.1) is 0 Å². The summed E-state index contributed by atoms with van der Waals surface area (Å²) in [5.74, 6) is 0.206. The number of para-hydroxylation sites is 1. The first-order chi connectivity index (χ1) is 11.7. The van der Waals surface area contributed by atoms with E-state index < -0.39 is 24.1 Å². The van der Waals surface area contributed by atoms with Crippen LogP contribution >= 0.6 is 0 Å². The molecule has 1 aliphatic carbocycles. The summed E-state index contributed by atoms with van der Waals surface area (Å²) < 4.78 is 22.2. The van der Waals surface area contributed by atoms with E-state index in [1.807, 2.05) is 12.1 Å². The van der Waals surface area contributed by atoms with Gasteiger partial charge in [0.05, 0.1) is 14.2 Å². The standard InChI is InChI=1S/C18H18O6/c1-21-12-8-3-5-9-13-14-10(19)6-4-7-11(14)23-18(24-16(9)12)15(13)17(20)22-2/h3,5,8,13,15,18H,4,6-7H2,1-2H3/t13-,15?,18-/m0/s1. The van der Waals surface area contributed by atoms with Crippen molar-refractivity contribution in [3.05, 3.63) is 35.1 Å². The molecule has 6 heteroatoms. The highest BCUT2D eigenvalue weighted by Crippen LogP contribution is 2.53. The Morgan fingerprint density at radius 1 is 1.21 bits per heavy atom. The molecule has 6 nitrogen and oxygen atoms in total. The lowest BCUT2D eigenvalue weighted by molar-refractivity contribution is -0.171. The Labute approximate surface area is 139 Å². The van der Waals surface area contributed by atoms with Crippen molar-refractivity contribution in [2.24, 2.45) is 5.92 Å². The summed E-state index contributed by atoms with van der Waals surface area (Å²) in [5, 5.41) is 0. The molecule has 2 heterocycles. The number of Topliss-reactive ketones (excluding diaryl/α,β-unsaturated/α-hetero) is 1. The summed E-state index contributed by atoms with van der Waals surface area (Å²) in [4.78, 5) is 25.0. The van der Waals surface area contributed by atoms with Crippen molar-refractivity contribution in [3.63, 3.8) is 0 Å². The van der Waals surface area contributed by atoms with E-state index in [0.29, 0.717) is 35.7 Å². The van der Waals surface area contributed by atoms with Crippen LogP contribution < -0.4 is 9.47 Å². The Morgan fingerprint density at radius 3 is 2.79 bits per heavy atom. The average molecular weight is 330 g/mol. The number of benzene rings is 1. The van der Waals surface area contributed by atoms with Gasteiger partial charge in [0.1, 0.15) is 11.7 Å². The number of ether oxygens (including phenoxy) is 4. The van der Waals surface area contributed by atoms with Crippen LogP contribution in [0.25, 0.3) is 0 Å². The van der Waals surface area contributed by atoms with Gasteiger partial charge in [-0.05, 0) is 12.5 Å². The van der Waals surface area contributed by atoms with Gasteiger partial charge >= 0.3 is 5.97 Å². The molecule has 1 aromatic rings. The van der Waals surface area contributed by atoms with Crippen LogP contribution in [0, 0.1) is 5.92 Å². The van der Waals surface area contributed by atoms with Crippen molar-refractivity contribution in [2.75, 3.05) is 14.2 Å². The number of fused-ring (bicyclic) bond motifs is 5. The molecule has 0 saturated carbocycles. The van der Waals surface area contributed by atoms with Crippen LogP contribution in [-0.2, 0) is 19.1 Å². The molecule has 1 aromatic carbocycles. The van der Waals surface area contributed by atoms with Crippen LogP contribution in [0.4, 0.5) is 0 Å². The molecule has 3 aliphatic rings. The van der Waals surface area contributed by atoms with Gasteiger partial charge in [0.15, 0.2) is 17.3 Å². The smallest absolute Gasteiger partial charge is 0.317 e. The molecule has 0 aromatic heterocycles. The molecule has 0 spiro atoms. The topological polar surface area (TPSA) is 71.1 Å². The molecule has 1 unspecified atom stereocenters. The van der Waals surface area contributed by atoms with Gasteiger partial charge in [-0.25, -0.2) is 0 Å². The van der Waals surface area contributed by atoms with Crippen LogP contribution in [0.1, 0.15) is 30.7 Å². The summed E-state index contributed by atoms with van der Waals surface area (Å²) >= 11 is 0. The van der Waals surface area contributed by atoms with Crippen LogP contribution in [-0.4, -0.2) is 32.3 Å². The van der Waals surface area contributed by atoms with E-state index in [2.05, 4.69) is 0 Å². The van der Waals surface area contributed by atoms with Gasteiger partial charge in [0.2, 0.25) is 0 Å². The van der Waals surface area contributed by atoms with Gasteiger partial charge in [0.25, 0.3) is 6.29 Å². The monoisotopic (exact) mass is 330 g/mol. The van der Waals surface area contributed by atoms with Crippen molar-refractivity contribution in [1.82, 2.24) is 0 Å². The Balaban J connectivity index is 1.93. The fourth-order valence-electron chi connectivity index (χ4n) is 3.86. The number of carbonyl (C=O) groups is 2. The van der Waals surface area contributed by atoms with E-state index in [9.17, 15) is 9.59 Å². The van der Waals surface area contributed by atoms with E-state index in [0.717, 1.165) is 12.0 Å². The third kappa shape index (κ3) is 2.02. The number of carbonyl (C=O) groups excluding carboxylic acids is 2. The number of ketones is 1. The Hall–Kier alpha value is -2.50. The fourth-order valence-corrected chi connectivity index (χ4v) is 3.86. The van der Waals surface area contributed by atoms with Crippen LogP contribution in [0.3, 0.4) is 0 Å². The van der Waals surface area contributed by atoms with Crippen molar-refractivity contribution >= 4 is 11.8 Å². The highest BCUT2D eigenvalue weighted by atomic mass is 16.7. The van der Waals surface area contributed by atoms with Gasteiger partial charge in [-0.2, -0.15) is 0 Å². The minimum atomic E-state index is -0.809. The maximum absolute atomic E-state index is 12.6. The Bertz CT molecular complexity index is 750. The second-order valence-corrected chi connectivity index (χ2v) is 6.12.